The summed E-state index contributed by atoms with van der Waals surface area (Å²) in [7, 11) is 1.59. The molecular formula is C34H48N4O6. The molecule has 1 aliphatic heterocycles. The number of aromatic amines is 1. The maximum atomic E-state index is 13.6. The van der Waals surface area contributed by atoms with Crippen molar-refractivity contribution >= 4 is 28.8 Å². The lowest BCUT2D eigenvalue weighted by molar-refractivity contribution is -0.141. The Labute approximate surface area is 259 Å². The third-order valence-electron chi connectivity index (χ3n) is 9.99. The molecule has 10 heteroatoms. The fourth-order valence-electron chi connectivity index (χ4n) is 7.52. The first-order valence-corrected chi connectivity index (χ1v) is 16.2. The van der Waals surface area contributed by atoms with E-state index in [1.54, 1.807) is 18.1 Å². The fraction of sp³-hybridized carbons (Fsp3) is 0.676. The Morgan fingerprint density at radius 3 is 2.64 bits per heavy atom. The Morgan fingerprint density at radius 1 is 1.16 bits per heavy atom. The average molecular weight is 609 g/mol. The number of hydrogen-bond donors (Lipinski definition) is 2. The lowest BCUT2D eigenvalue weighted by Gasteiger charge is -2.36. The van der Waals surface area contributed by atoms with Gasteiger partial charge in [0.2, 0.25) is 5.91 Å². The molecule has 0 bridgehead atoms. The number of carbonyl (C=O) groups is 3. The van der Waals surface area contributed by atoms with E-state index in [-0.39, 0.29) is 29.3 Å². The third kappa shape index (κ3) is 6.94. The molecule has 1 aromatic heterocycles. The summed E-state index contributed by atoms with van der Waals surface area (Å²) in [4.78, 5) is 60.9. The van der Waals surface area contributed by atoms with Crippen molar-refractivity contribution in [3.05, 3.63) is 34.2 Å². The Morgan fingerprint density at radius 2 is 1.93 bits per heavy atom. The number of H-pyrrole nitrogens is 1. The molecular weight excluding hydrogens is 560 g/mol. The highest BCUT2D eigenvalue weighted by atomic mass is 16.6. The topological polar surface area (TPSA) is 131 Å². The number of amides is 2. The first-order valence-electron chi connectivity index (χ1n) is 16.2. The van der Waals surface area contributed by atoms with Crippen LogP contribution in [0, 0.1) is 29.1 Å². The second kappa shape index (κ2) is 12.9. The third-order valence-corrected chi connectivity index (χ3v) is 9.99. The second-order valence-corrected chi connectivity index (χ2v) is 14.3. The van der Waals surface area contributed by atoms with Crippen molar-refractivity contribution in [2.45, 2.75) is 104 Å². The summed E-state index contributed by atoms with van der Waals surface area (Å²) in [5.41, 5.74) is 1.25. The van der Waals surface area contributed by atoms with E-state index < -0.39 is 23.6 Å². The van der Waals surface area contributed by atoms with Gasteiger partial charge in [-0.25, -0.2) is 9.78 Å². The monoisotopic (exact) mass is 608 g/mol. The summed E-state index contributed by atoms with van der Waals surface area (Å²) < 4.78 is 11.2. The van der Waals surface area contributed by atoms with Crippen molar-refractivity contribution in [2.75, 3.05) is 13.7 Å². The summed E-state index contributed by atoms with van der Waals surface area (Å²) in [6, 6.07) is 4.23. The van der Waals surface area contributed by atoms with E-state index in [0.717, 1.165) is 44.0 Å². The predicted molar refractivity (Wildman–Crippen MR) is 167 cm³/mol. The van der Waals surface area contributed by atoms with Gasteiger partial charge in [0.25, 0.3) is 5.56 Å². The zero-order valence-electron chi connectivity index (χ0n) is 27.0. The number of rotatable bonds is 11. The number of likely N-dealkylation sites (tertiary alicyclic amines) is 1. The summed E-state index contributed by atoms with van der Waals surface area (Å²) in [6.45, 7) is 9.81. The van der Waals surface area contributed by atoms with E-state index in [1.807, 2.05) is 39.8 Å². The van der Waals surface area contributed by atoms with Crippen LogP contribution in [0.15, 0.2) is 23.0 Å². The Bertz CT molecular complexity index is 1450. The van der Waals surface area contributed by atoms with Gasteiger partial charge in [0.05, 0.1) is 24.2 Å². The first kappa shape index (κ1) is 32.0. The van der Waals surface area contributed by atoms with Gasteiger partial charge in [-0.05, 0) is 86.7 Å². The van der Waals surface area contributed by atoms with Crippen LogP contribution in [0.4, 0.5) is 4.79 Å². The van der Waals surface area contributed by atoms with Gasteiger partial charge < -0.3 is 24.7 Å². The van der Waals surface area contributed by atoms with Crippen molar-refractivity contribution in [3.8, 4) is 5.75 Å². The van der Waals surface area contributed by atoms with Crippen molar-refractivity contribution in [3.63, 3.8) is 0 Å². The number of aryl methyl sites for hydroxylation is 1. The van der Waals surface area contributed by atoms with Gasteiger partial charge in [-0.1, -0.05) is 40.5 Å². The molecule has 2 saturated carbocycles. The zero-order chi connectivity index (χ0) is 31.8. The molecule has 3 aliphatic rings. The fourth-order valence-corrected chi connectivity index (χ4v) is 7.52. The van der Waals surface area contributed by atoms with E-state index in [9.17, 15) is 19.2 Å². The maximum Gasteiger partial charge on any atom is 0.408 e. The van der Waals surface area contributed by atoms with Crippen molar-refractivity contribution in [1.82, 2.24) is 20.2 Å². The quantitative estimate of drug-likeness (QED) is 0.342. The number of fused-ring (bicyclic) bond motifs is 2. The summed E-state index contributed by atoms with van der Waals surface area (Å²) in [5.74, 6) is 2.06. The van der Waals surface area contributed by atoms with Gasteiger partial charge in [-0.15, -0.1) is 0 Å². The average Bonchev–Trinajstić information content (AvgIpc) is 3.48. The molecule has 0 radical (unpaired) electrons. The van der Waals surface area contributed by atoms with Gasteiger partial charge in [0, 0.05) is 12.6 Å². The number of alkyl carbamates (subject to hydrolysis) is 1. The minimum Gasteiger partial charge on any atom is -0.497 e. The van der Waals surface area contributed by atoms with Crippen molar-refractivity contribution < 1.29 is 23.9 Å². The lowest BCUT2D eigenvalue weighted by atomic mass is 9.85. The molecule has 2 N–H and O–H groups in total. The molecule has 3 fully saturated rings. The van der Waals surface area contributed by atoms with Crippen LogP contribution in [0.5, 0.6) is 5.75 Å². The first-order chi connectivity index (χ1) is 20.9. The Hall–Kier alpha value is -3.43. The molecule has 2 aromatic rings. The minimum absolute atomic E-state index is 0.0204. The van der Waals surface area contributed by atoms with Gasteiger partial charge in [-0.3, -0.25) is 14.4 Å². The number of aromatic nitrogens is 2. The molecule has 10 nitrogen and oxygen atoms in total. The van der Waals surface area contributed by atoms with Crippen LogP contribution in [0.2, 0.25) is 0 Å². The van der Waals surface area contributed by atoms with Gasteiger partial charge in [0.1, 0.15) is 23.6 Å². The predicted octanol–water partition coefficient (Wildman–Crippen LogP) is 5.03. The molecule has 7 atom stereocenters. The van der Waals surface area contributed by atoms with Gasteiger partial charge in [0.15, 0.2) is 5.78 Å². The van der Waals surface area contributed by atoms with E-state index in [1.165, 1.54) is 13.3 Å². The molecule has 2 aliphatic carbocycles. The SMILES string of the molecule is COc1ccc2nc(CCCCCC3C(OC(=O)NC(C(=O)N4CCC(C)C4C(C)=O)C(C)(C)C)CC4CC43)c(=O)[nH]c2c1. The second-order valence-electron chi connectivity index (χ2n) is 14.3. The van der Waals surface area contributed by atoms with E-state index in [0.29, 0.717) is 47.7 Å². The minimum atomic E-state index is -0.787. The summed E-state index contributed by atoms with van der Waals surface area (Å²) in [5, 5.41) is 2.89. The van der Waals surface area contributed by atoms with Crippen LogP contribution < -0.4 is 15.6 Å². The van der Waals surface area contributed by atoms with Crippen molar-refractivity contribution in [1.29, 1.82) is 0 Å². The maximum absolute atomic E-state index is 13.6. The number of unbranched alkanes of at least 4 members (excludes halogenated alkanes) is 2. The number of benzene rings is 1. The summed E-state index contributed by atoms with van der Waals surface area (Å²) in [6.07, 6.45) is 6.50. The summed E-state index contributed by atoms with van der Waals surface area (Å²) >= 11 is 0. The Balaban J connectivity index is 1.12. The lowest BCUT2D eigenvalue weighted by Crippen LogP contribution is -2.57. The molecule has 44 heavy (non-hydrogen) atoms. The molecule has 7 unspecified atom stereocenters. The normalized spacial score (nSPS) is 26.7. The van der Waals surface area contributed by atoms with Crippen LogP contribution >= 0.6 is 0 Å². The molecule has 0 spiro atoms. The number of methoxy groups -OCH3 is 1. The van der Waals surface area contributed by atoms with Gasteiger partial charge in [-0.2, -0.15) is 0 Å². The number of carbonyl (C=O) groups excluding carboxylic acids is 3. The smallest absolute Gasteiger partial charge is 0.408 e. The van der Waals surface area contributed by atoms with Crippen LogP contribution in [-0.4, -0.2) is 64.5 Å². The van der Waals surface area contributed by atoms with Crippen LogP contribution in [-0.2, 0) is 20.7 Å². The number of nitrogens with zero attached hydrogens (tertiary/aromatic N) is 2. The van der Waals surface area contributed by atoms with E-state index >= 15 is 0 Å². The number of nitrogens with one attached hydrogen (secondary N) is 2. The highest BCUT2D eigenvalue weighted by Gasteiger charge is 2.54. The molecule has 2 heterocycles. The molecule has 1 aromatic carbocycles. The van der Waals surface area contributed by atoms with Gasteiger partial charge >= 0.3 is 6.09 Å². The van der Waals surface area contributed by atoms with E-state index in [4.69, 9.17) is 9.47 Å². The highest BCUT2D eigenvalue weighted by Crippen LogP contribution is 2.57. The molecule has 1 saturated heterocycles. The van der Waals surface area contributed by atoms with Crippen molar-refractivity contribution in [2.24, 2.45) is 29.1 Å². The molecule has 5 rings (SSSR count). The largest absolute Gasteiger partial charge is 0.497 e. The number of Topliss-reactive ketones (excluding diaryl/α,β-unsaturated/α-hetero) is 1. The molecule has 2 amide bonds. The van der Waals surface area contributed by atoms with E-state index in [2.05, 4.69) is 15.3 Å². The zero-order valence-corrected chi connectivity index (χ0v) is 27.0. The number of hydrogen-bond acceptors (Lipinski definition) is 7. The number of ketones is 1. The highest BCUT2D eigenvalue weighted by molar-refractivity contribution is 5.92. The van der Waals surface area contributed by atoms with Crippen LogP contribution in [0.25, 0.3) is 11.0 Å². The van der Waals surface area contributed by atoms with Crippen LogP contribution in [0.1, 0.15) is 85.3 Å². The molecule has 240 valence electrons. The van der Waals surface area contributed by atoms with Crippen LogP contribution in [0.3, 0.4) is 0 Å². The Kier molecular flexibility index (Phi) is 9.37. The number of ether oxygens (including phenoxy) is 2. The standard InChI is InChI=1S/C34H48N4O6/c1-19-14-15-38(29(19)20(2)39)32(41)30(34(3,4)5)37-33(42)44-28-17-21-16-24(21)23(28)10-8-7-9-11-26-31(40)36-27-18-22(43-6)12-13-25(27)35-26/h12-13,18-19,21,23-24,28-30H,7-11,14-17H2,1-6H3,(H,36,40)(H,37,42).